The normalized spacial score (nSPS) is 42.1. The van der Waals surface area contributed by atoms with Gasteiger partial charge in [-0.25, -0.2) is 0 Å². The summed E-state index contributed by atoms with van der Waals surface area (Å²) >= 11 is 0. The molecule has 3 rings (SSSR count). The van der Waals surface area contributed by atoms with Crippen molar-refractivity contribution in [3.05, 3.63) is 11.6 Å². The molecule has 0 heteroatoms. The van der Waals surface area contributed by atoms with Gasteiger partial charge in [-0.1, -0.05) is 25.5 Å². The van der Waals surface area contributed by atoms with Crippen molar-refractivity contribution in [2.24, 2.45) is 17.3 Å². The molecule has 0 nitrogen and oxygen atoms in total. The van der Waals surface area contributed by atoms with E-state index in [1.165, 1.54) is 12.8 Å². The highest BCUT2D eigenvalue weighted by Crippen LogP contribution is 2.57. The van der Waals surface area contributed by atoms with E-state index in [4.69, 9.17) is 0 Å². The Labute approximate surface area is 63.3 Å². The van der Waals surface area contributed by atoms with Crippen LogP contribution in [0.3, 0.4) is 0 Å². The standard InChI is InChI=1S/C10H16/c1-7-4-8-6-9(5-7)10(8,2)3/h4,8-9H,5-6H2,1-3H3/t8-,9+/m1/s1. The lowest BCUT2D eigenvalue weighted by Gasteiger charge is -2.55. The van der Waals surface area contributed by atoms with Gasteiger partial charge in [0.25, 0.3) is 0 Å². The Morgan fingerprint density at radius 1 is 1.50 bits per heavy atom. The summed E-state index contributed by atoms with van der Waals surface area (Å²) < 4.78 is 0. The van der Waals surface area contributed by atoms with E-state index in [9.17, 15) is 0 Å². The van der Waals surface area contributed by atoms with Crippen LogP contribution in [0.1, 0.15) is 33.6 Å². The molecule has 0 unspecified atom stereocenters. The summed E-state index contributed by atoms with van der Waals surface area (Å²) in [4.78, 5) is 0. The zero-order valence-corrected chi connectivity index (χ0v) is 7.15. The summed E-state index contributed by atoms with van der Waals surface area (Å²) in [6.07, 6.45) is 5.31. The Bertz CT molecular complexity index is 186. The van der Waals surface area contributed by atoms with E-state index in [2.05, 4.69) is 26.8 Å². The molecule has 1 fully saturated rings. The van der Waals surface area contributed by atoms with E-state index in [-0.39, 0.29) is 0 Å². The minimum absolute atomic E-state index is 0.638. The van der Waals surface area contributed by atoms with Gasteiger partial charge in [0.15, 0.2) is 0 Å². The summed E-state index contributed by atoms with van der Waals surface area (Å²) in [5.74, 6) is 1.91. The van der Waals surface area contributed by atoms with E-state index >= 15 is 0 Å². The number of fused-ring (bicyclic) bond motifs is 1. The van der Waals surface area contributed by atoms with Gasteiger partial charge in [0.1, 0.15) is 0 Å². The van der Waals surface area contributed by atoms with Crippen molar-refractivity contribution in [2.75, 3.05) is 0 Å². The van der Waals surface area contributed by atoms with Crippen LogP contribution in [-0.4, -0.2) is 0 Å². The fourth-order valence-corrected chi connectivity index (χ4v) is 2.49. The van der Waals surface area contributed by atoms with Crippen molar-refractivity contribution in [3.63, 3.8) is 0 Å². The maximum atomic E-state index is 2.49. The summed E-state index contributed by atoms with van der Waals surface area (Å²) in [6.45, 7) is 7.10. The van der Waals surface area contributed by atoms with Gasteiger partial charge < -0.3 is 0 Å². The van der Waals surface area contributed by atoms with E-state index in [0.717, 1.165) is 11.8 Å². The minimum Gasteiger partial charge on any atom is -0.0819 e. The molecule has 0 aromatic rings. The fraction of sp³-hybridized carbons (Fsp3) is 0.800. The van der Waals surface area contributed by atoms with Crippen molar-refractivity contribution in [2.45, 2.75) is 33.6 Å². The highest BCUT2D eigenvalue weighted by atomic mass is 14.5. The van der Waals surface area contributed by atoms with Crippen LogP contribution in [0.4, 0.5) is 0 Å². The molecule has 2 atom stereocenters. The highest BCUT2D eigenvalue weighted by molar-refractivity contribution is 5.19. The van der Waals surface area contributed by atoms with Crippen LogP contribution in [0.25, 0.3) is 0 Å². The minimum atomic E-state index is 0.638. The summed E-state index contributed by atoms with van der Waals surface area (Å²) in [5.41, 5.74) is 2.26. The van der Waals surface area contributed by atoms with Crippen LogP contribution < -0.4 is 0 Å². The van der Waals surface area contributed by atoms with Crippen molar-refractivity contribution in [1.29, 1.82) is 0 Å². The zero-order chi connectivity index (χ0) is 7.35. The van der Waals surface area contributed by atoms with Crippen molar-refractivity contribution in [3.8, 4) is 0 Å². The molecule has 0 aromatic carbocycles. The predicted molar refractivity (Wildman–Crippen MR) is 43.8 cm³/mol. The van der Waals surface area contributed by atoms with Gasteiger partial charge >= 0.3 is 0 Å². The van der Waals surface area contributed by atoms with Crippen LogP contribution in [0.15, 0.2) is 11.6 Å². The van der Waals surface area contributed by atoms with Gasteiger partial charge in [-0.2, -0.15) is 0 Å². The predicted octanol–water partition coefficient (Wildman–Crippen LogP) is 3.00. The largest absolute Gasteiger partial charge is 0.0819 e. The van der Waals surface area contributed by atoms with Gasteiger partial charge in [-0.15, -0.1) is 0 Å². The Balaban J connectivity index is 2.26. The second-order valence-corrected chi connectivity index (χ2v) is 4.58. The fourth-order valence-electron chi connectivity index (χ4n) is 2.49. The average Bonchev–Trinajstić information content (AvgIpc) is 1.87. The average molecular weight is 136 g/mol. The van der Waals surface area contributed by atoms with Crippen molar-refractivity contribution >= 4 is 0 Å². The third-order valence-electron chi connectivity index (χ3n) is 3.60. The molecule has 1 saturated carbocycles. The number of allylic oxidation sites excluding steroid dienone is 2. The topological polar surface area (TPSA) is 0 Å². The molecule has 56 valence electrons. The Kier molecular flexibility index (Phi) is 1.07. The summed E-state index contributed by atoms with van der Waals surface area (Å²) in [5, 5.41) is 0. The third-order valence-corrected chi connectivity index (χ3v) is 3.60. The second kappa shape index (κ2) is 1.66. The lowest BCUT2D eigenvalue weighted by atomic mass is 9.50. The van der Waals surface area contributed by atoms with Crippen molar-refractivity contribution in [1.82, 2.24) is 0 Å². The molecule has 0 heterocycles. The Morgan fingerprint density at radius 2 is 2.20 bits per heavy atom. The van der Waals surface area contributed by atoms with E-state index < -0.39 is 0 Å². The lowest BCUT2D eigenvalue weighted by molar-refractivity contribution is -0.000651. The monoisotopic (exact) mass is 136 g/mol. The van der Waals surface area contributed by atoms with Crippen LogP contribution in [0.2, 0.25) is 0 Å². The maximum Gasteiger partial charge on any atom is -0.0174 e. The third kappa shape index (κ3) is 0.624. The molecule has 0 amide bonds. The molecule has 0 aliphatic heterocycles. The molecule has 0 spiro atoms. The molecule has 3 aliphatic carbocycles. The number of hydrogen-bond acceptors (Lipinski definition) is 0. The number of hydrogen-bond donors (Lipinski definition) is 0. The van der Waals surface area contributed by atoms with Gasteiger partial charge in [0, 0.05) is 0 Å². The van der Waals surface area contributed by atoms with E-state index in [0.29, 0.717) is 5.41 Å². The highest BCUT2D eigenvalue weighted by Gasteiger charge is 2.48. The van der Waals surface area contributed by atoms with Crippen LogP contribution >= 0.6 is 0 Å². The lowest BCUT2D eigenvalue weighted by Crippen LogP contribution is -2.46. The van der Waals surface area contributed by atoms with E-state index in [1.54, 1.807) is 5.57 Å². The Morgan fingerprint density at radius 3 is 2.50 bits per heavy atom. The van der Waals surface area contributed by atoms with E-state index in [1.807, 2.05) is 0 Å². The van der Waals surface area contributed by atoms with Gasteiger partial charge in [-0.05, 0) is 37.0 Å². The molecule has 0 radical (unpaired) electrons. The first-order valence-corrected chi connectivity index (χ1v) is 4.28. The molecule has 0 aromatic heterocycles. The van der Waals surface area contributed by atoms with Crippen LogP contribution in [0, 0.1) is 17.3 Å². The van der Waals surface area contributed by atoms with Crippen LogP contribution in [0.5, 0.6) is 0 Å². The molecule has 0 N–H and O–H groups in total. The van der Waals surface area contributed by atoms with Gasteiger partial charge in [0.2, 0.25) is 0 Å². The molecule has 3 aliphatic rings. The molecule has 2 bridgehead atoms. The molecule has 10 heavy (non-hydrogen) atoms. The van der Waals surface area contributed by atoms with Crippen molar-refractivity contribution < 1.29 is 0 Å². The first kappa shape index (κ1) is 6.45. The SMILES string of the molecule is CC1=C[C@@H]2C[C@H](C1)C2(C)C. The summed E-state index contributed by atoms with van der Waals surface area (Å²) in [7, 11) is 0. The maximum absolute atomic E-state index is 2.49. The van der Waals surface area contributed by atoms with Gasteiger partial charge in [0.05, 0.1) is 0 Å². The van der Waals surface area contributed by atoms with Gasteiger partial charge in [-0.3, -0.25) is 0 Å². The second-order valence-electron chi connectivity index (χ2n) is 4.58. The first-order chi connectivity index (χ1) is 4.60. The quantitative estimate of drug-likeness (QED) is 0.449. The zero-order valence-electron chi connectivity index (χ0n) is 7.15. The number of rotatable bonds is 0. The molecular formula is C10H16. The smallest absolute Gasteiger partial charge is 0.0174 e. The van der Waals surface area contributed by atoms with Crippen LogP contribution in [-0.2, 0) is 0 Å². The Hall–Kier alpha value is -0.260. The molecule has 0 saturated heterocycles. The first-order valence-electron chi connectivity index (χ1n) is 4.28. The molecular weight excluding hydrogens is 120 g/mol. The summed E-state index contributed by atoms with van der Waals surface area (Å²) in [6, 6.07) is 0.